The van der Waals surface area contributed by atoms with E-state index >= 15 is 0 Å². The molecule has 6 nitrogen and oxygen atoms in total. The summed E-state index contributed by atoms with van der Waals surface area (Å²) < 4.78 is 40.9. The Morgan fingerprint density at radius 3 is 2.54 bits per heavy atom. The van der Waals surface area contributed by atoms with Crippen molar-refractivity contribution in [2.45, 2.75) is 38.1 Å². The van der Waals surface area contributed by atoms with E-state index in [-0.39, 0.29) is 6.42 Å². The molecule has 0 aliphatic rings. The Labute approximate surface area is 137 Å². The standard InChI is InChI=1S/C15H18F3N5O/c1-11(8-23-10-19-9-20-23)21-14(24)22-13(15(16,17)18)7-12-5-3-2-4-6-12/h2-6,9-11,13H,7-8H2,1H3,(H2,21,22,24)/t11-,13+/m0/s1. The SMILES string of the molecule is C[C@@H](Cn1cncn1)NC(=O)N[C@H](Cc1ccccc1)C(F)(F)F. The molecule has 2 amide bonds. The third kappa shape index (κ3) is 5.56. The van der Waals surface area contributed by atoms with Gasteiger partial charge < -0.3 is 10.6 Å². The van der Waals surface area contributed by atoms with Crippen molar-refractivity contribution in [2.75, 3.05) is 0 Å². The van der Waals surface area contributed by atoms with Gasteiger partial charge in [-0.15, -0.1) is 0 Å². The molecule has 0 spiro atoms. The lowest BCUT2D eigenvalue weighted by Gasteiger charge is -2.23. The van der Waals surface area contributed by atoms with Gasteiger partial charge in [0.25, 0.3) is 0 Å². The van der Waals surface area contributed by atoms with Crippen molar-refractivity contribution in [2.24, 2.45) is 0 Å². The van der Waals surface area contributed by atoms with Crippen LogP contribution in [0.25, 0.3) is 0 Å². The summed E-state index contributed by atoms with van der Waals surface area (Å²) in [5, 5.41) is 8.34. The molecule has 2 atom stereocenters. The Morgan fingerprint density at radius 1 is 1.25 bits per heavy atom. The molecule has 0 aliphatic heterocycles. The number of rotatable bonds is 6. The number of nitrogens with one attached hydrogen (secondary N) is 2. The molecule has 0 unspecified atom stereocenters. The Kier molecular flexibility index (Phi) is 5.78. The van der Waals surface area contributed by atoms with E-state index in [1.807, 2.05) is 5.32 Å². The van der Waals surface area contributed by atoms with Crippen LogP contribution in [0.5, 0.6) is 0 Å². The molecule has 0 fully saturated rings. The summed E-state index contributed by atoms with van der Waals surface area (Å²) in [6.45, 7) is 1.98. The zero-order valence-corrected chi connectivity index (χ0v) is 13.0. The topological polar surface area (TPSA) is 71.8 Å². The predicted octanol–water partition coefficient (Wildman–Crippen LogP) is 2.14. The Morgan fingerprint density at radius 2 is 1.96 bits per heavy atom. The van der Waals surface area contributed by atoms with Crippen LogP contribution in [0.1, 0.15) is 12.5 Å². The highest BCUT2D eigenvalue weighted by atomic mass is 19.4. The van der Waals surface area contributed by atoms with Crippen LogP contribution in [0.15, 0.2) is 43.0 Å². The second-order valence-electron chi connectivity index (χ2n) is 5.42. The van der Waals surface area contributed by atoms with Crippen molar-refractivity contribution in [3.63, 3.8) is 0 Å². The quantitative estimate of drug-likeness (QED) is 0.846. The lowest BCUT2D eigenvalue weighted by molar-refractivity contribution is -0.152. The van der Waals surface area contributed by atoms with Crippen LogP contribution in [-0.4, -0.2) is 39.1 Å². The highest BCUT2D eigenvalue weighted by Crippen LogP contribution is 2.23. The van der Waals surface area contributed by atoms with E-state index in [9.17, 15) is 18.0 Å². The summed E-state index contributed by atoms with van der Waals surface area (Å²) in [5.74, 6) is 0. The van der Waals surface area contributed by atoms with E-state index in [0.29, 0.717) is 12.1 Å². The number of hydrogen-bond donors (Lipinski definition) is 2. The Balaban J connectivity index is 1.92. The van der Waals surface area contributed by atoms with E-state index in [2.05, 4.69) is 15.4 Å². The molecule has 1 aromatic heterocycles. The van der Waals surface area contributed by atoms with Crippen molar-refractivity contribution in [1.29, 1.82) is 0 Å². The molecule has 130 valence electrons. The Hall–Kier alpha value is -2.58. The van der Waals surface area contributed by atoms with E-state index in [1.165, 1.54) is 17.3 Å². The van der Waals surface area contributed by atoms with E-state index in [0.717, 1.165) is 0 Å². The molecule has 1 heterocycles. The van der Waals surface area contributed by atoms with Gasteiger partial charge in [-0.2, -0.15) is 18.3 Å². The number of urea groups is 1. The van der Waals surface area contributed by atoms with Crippen molar-refractivity contribution in [3.05, 3.63) is 48.5 Å². The van der Waals surface area contributed by atoms with E-state index in [4.69, 9.17) is 0 Å². The number of halogens is 3. The number of hydrogen-bond acceptors (Lipinski definition) is 3. The van der Waals surface area contributed by atoms with Crippen LogP contribution in [0.3, 0.4) is 0 Å². The van der Waals surface area contributed by atoms with Gasteiger partial charge in [0.05, 0.1) is 6.54 Å². The second kappa shape index (κ2) is 7.80. The average Bonchev–Trinajstić information content (AvgIpc) is 2.99. The third-order valence-electron chi connectivity index (χ3n) is 3.29. The number of amides is 2. The van der Waals surface area contributed by atoms with Crippen LogP contribution in [0.4, 0.5) is 18.0 Å². The number of aromatic nitrogens is 3. The lowest BCUT2D eigenvalue weighted by atomic mass is 10.1. The fourth-order valence-electron chi connectivity index (χ4n) is 2.18. The van der Waals surface area contributed by atoms with Crippen LogP contribution in [0.2, 0.25) is 0 Å². The van der Waals surface area contributed by atoms with Gasteiger partial charge in [0.1, 0.15) is 18.7 Å². The number of nitrogens with zero attached hydrogens (tertiary/aromatic N) is 3. The second-order valence-corrected chi connectivity index (χ2v) is 5.42. The van der Waals surface area contributed by atoms with Crippen molar-refractivity contribution in [1.82, 2.24) is 25.4 Å². The molecule has 2 aromatic rings. The van der Waals surface area contributed by atoms with Gasteiger partial charge in [-0.25, -0.2) is 9.78 Å². The molecular formula is C15H18F3N5O. The van der Waals surface area contributed by atoms with Crippen molar-refractivity contribution >= 4 is 6.03 Å². The Bertz CT molecular complexity index is 630. The van der Waals surface area contributed by atoms with Crippen LogP contribution < -0.4 is 10.6 Å². The molecular weight excluding hydrogens is 323 g/mol. The van der Waals surface area contributed by atoms with Gasteiger partial charge in [-0.05, 0) is 12.5 Å². The normalized spacial score (nSPS) is 14.0. The minimum atomic E-state index is -4.54. The molecule has 2 N–H and O–H groups in total. The summed E-state index contributed by atoms with van der Waals surface area (Å²) in [6, 6.07) is 4.97. The molecule has 9 heteroatoms. The third-order valence-corrected chi connectivity index (χ3v) is 3.29. The molecule has 0 radical (unpaired) electrons. The first-order chi connectivity index (χ1) is 11.3. The largest absolute Gasteiger partial charge is 0.408 e. The maximum atomic E-state index is 13.1. The van der Waals surface area contributed by atoms with Gasteiger partial charge in [0, 0.05) is 12.5 Å². The average molecular weight is 341 g/mol. The molecule has 0 saturated carbocycles. The zero-order valence-electron chi connectivity index (χ0n) is 13.0. The summed E-state index contributed by atoms with van der Waals surface area (Å²) in [5.41, 5.74) is 0.496. The molecule has 2 rings (SSSR count). The highest BCUT2D eigenvalue weighted by Gasteiger charge is 2.40. The van der Waals surface area contributed by atoms with Crippen LogP contribution in [-0.2, 0) is 13.0 Å². The molecule has 1 aromatic carbocycles. The first kappa shape index (κ1) is 17.8. The minimum Gasteiger partial charge on any atom is -0.334 e. The lowest BCUT2D eigenvalue weighted by Crippen LogP contribution is -2.52. The maximum Gasteiger partial charge on any atom is 0.408 e. The predicted molar refractivity (Wildman–Crippen MR) is 81.1 cm³/mol. The fourth-order valence-corrected chi connectivity index (χ4v) is 2.18. The number of carbonyl (C=O) groups is 1. The summed E-state index contributed by atoms with van der Waals surface area (Å²) in [6.07, 6.45) is -2.06. The number of carbonyl (C=O) groups excluding carboxylic acids is 1. The van der Waals surface area contributed by atoms with E-state index < -0.39 is 24.3 Å². The molecule has 0 saturated heterocycles. The first-order valence-electron chi connectivity index (χ1n) is 7.34. The van der Waals surface area contributed by atoms with Gasteiger partial charge in [0.15, 0.2) is 0 Å². The van der Waals surface area contributed by atoms with Crippen molar-refractivity contribution < 1.29 is 18.0 Å². The van der Waals surface area contributed by atoms with Gasteiger partial charge >= 0.3 is 12.2 Å². The van der Waals surface area contributed by atoms with Gasteiger partial charge in [-0.1, -0.05) is 30.3 Å². The fraction of sp³-hybridized carbons (Fsp3) is 0.400. The zero-order chi connectivity index (χ0) is 17.6. The van der Waals surface area contributed by atoms with Crippen LogP contribution in [0, 0.1) is 0 Å². The first-order valence-corrected chi connectivity index (χ1v) is 7.34. The van der Waals surface area contributed by atoms with Crippen molar-refractivity contribution in [3.8, 4) is 0 Å². The summed E-state index contributed by atoms with van der Waals surface area (Å²) in [4.78, 5) is 15.6. The minimum absolute atomic E-state index is 0.308. The molecule has 0 bridgehead atoms. The number of benzene rings is 1. The molecule has 0 aliphatic carbocycles. The number of alkyl halides is 3. The van der Waals surface area contributed by atoms with Gasteiger partial charge in [0.2, 0.25) is 0 Å². The van der Waals surface area contributed by atoms with Gasteiger partial charge in [-0.3, -0.25) is 4.68 Å². The smallest absolute Gasteiger partial charge is 0.334 e. The highest BCUT2D eigenvalue weighted by molar-refractivity contribution is 5.74. The molecule has 24 heavy (non-hydrogen) atoms. The monoisotopic (exact) mass is 341 g/mol. The van der Waals surface area contributed by atoms with E-state index in [1.54, 1.807) is 37.3 Å². The maximum absolute atomic E-state index is 13.1. The summed E-state index contributed by atoms with van der Waals surface area (Å²) >= 11 is 0. The summed E-state index contributed by atoms with van der Waals surface area (Å²) in [7, 11) is 0. The van der Waals surface area contributed by atoms with Crippen LogP contribution >= 0.6 is 0 Å².